The molecule has 0 aromatic heterocycles. The number of hydrogen-bond acceptors (Lipinski definition) is 4. The highest BCUT2D eigenvalue weighted by Gasteiger charge is 2.34. The van der Waals surface area contributed by atoms with E-state index in [0.29, 0.717) is 10.6 Å². The number of carbonyl (C=O) groups excluding carboxylic acids is 2. The fraction of sp³-hybridized carbons (Fsp3) is 0.263. The fourth-order valence-corrected chi connectivity index (χ4v) is 2.72. The number of methoxy groups -OCH3 is 1. The van der Waals surface area contributed by atoms with E-state index in [1.54, 1.807) is 24.3 Å². The quantitative estimate of drug-likeness (QED) is 0.690. The van der Waals surface area contributed by atoms with Gasteiger partial charge in [0.15, 0.2) is 6.61 Å². The Bertz CT molecular complexity index is 842. The molecular formula is C19H17ClF3NO4. The van der Waals surface area contributed by atoms with Crippen LogP contribution in [0.3, 0.4) is 0 Å². The standard InChI is InChI=1S/C19H17ClF3NO4/c1-27-18(26)10-15(12-6-2-4-8-14(12)20)24-17(25)11-28-16-9-5-3-7-13(16)19(21,22)23/h2-9,15H,10-11H2,1H3,(H,24,25). The van der Waals surface area contributed by atoms with Crippen LogP contribution in [-0.4, -0.2) is 25.6 Å². The van der Waals surface area contributed by atoms with Crippen LogP contribution in [0.4, 0.5) is 13.2 Å². The molecule has 1 unspecified atom stereocenters. The minimum atomic E-state index is -4.61. The first-order valence-electron chi connectivity index (χ1n) is 8.12. The second-order valence-electron chi connectivity index (χ2n) is 5.70. The monoisotopic (exact) mass is 415 g/mol. The molecule has 0 heterocycles. The number of rotatable bonds is 7. The molecule has 0 aliphatic carbocycles. The second kappa shape index (κ2) is 9.45. The number of ether oxygens (including phenoxy) is 2. The van der Waals surface area contributed by atoms with Gasteiger partial charge < -0.3 is 14.8 Å². The van der Waals surface area contributed by atoms with Gasteiger partial charge in [-0.05, 0) is 23.8 Å². The van der Waals surface area contributed by atoms with Gasteiger partial charge in [0.05, 0.1) is 25.1 Å². The van der Waals surface area contributed by atoms with Gasteiger partial charge in [-0.1, -0.05) is 41.9 Å². The molecule has 0 spiro atoms. The zero-order chi connectivity index (χ0) is 20.7. The van der Waals surface area contributed by atoms with Crippen molar-refractivity contribution in [3.8, 4) is 5.75 Å². The molecule has 1 N–H and O–H groups in total. The predicted molar refractivity (Wildman–Crippen MR) is 95.9 cm³/mol. The van der Waals surface area contributed by atoms with Crippen LogP contribution in [-0.2, 0) is 20.5 Å². The molecule has 0 radical (unpaired) electrons. The summed E-state index contributed by atoms with van der Waals surface area (Å²) < 4.78 is 48.6. The van der Waals surface area contributed by atoms with Gasteiger partial charge in [0.1, 0.15) is 5.75 Å². The van der Waals surface area contributed by atoms with Crippen LogP contribution in [0.25, 0.3) is 0 Å². The molecule has 0 fully saturated rings. The molecule has 0 bridgehead atoms. The normalized spacial score (nSPS) is 12.2. The average Bonchev–Trinajstić information content (AvgIpc) is 2.65. The Morgan fingerprint density at radius 3 is 2.39 bits per heavy atom. The molecule has 1 amide bonds. The lowest BCUT2D eigenvalue weighted by Gasteiger charge is -2.20. The van der Waals surface area contributed by atoms with Crippen LogP contribution in [0, 0.1) is 0 Å². The number of halogens is 4. The first-order valence-corrected chi connectivity index (χ1v) is 8.49. The van der Waals surface area contributed by atoms with Crippen molar-refractivity contribution in [2.24, 2.45) is 0 Å². The minimum absolute atomic E-state index is 0.203. The molecule has 0 saturated carbocycles. The topological polar surface area (TPSA) is 64.6 Å². The molecule has 9 heteroatoms. The smallest absolute Gasteiger partial charge is 0.419 e. The van der Waals surface area contributed by atoms with Gasteiger partial charge in [0, 0.05) is 5.02 Å². The summed E-state index contributed by atoms with van der Waals surface area (Å²) in [6.07, 6.45) is -4.82. The maximum absolute atomic E-state index is 13.0. The molecule has 2 aromatic rings. The molecule has 0 aliphatic heterocycles. The lowest BCUT2D eigenvalue weighted by molar-refractivity contribution is -0.142. The minimum Gasteiger partial charge on any atom is -0.483 e. The van der Waals surface area contributed by atoms with Crippen LogP contribution in [0.1, 0.15) is 23.6 Å². The van der Waals surface area contributed by atoms with E-state index in [0.717, 1.165) is 12.1 Å². The third-order valence-electron chi connectivity index (χ3n) is 3.77. The van der Waals surface area contributed by atoms with Crippen molar-refractivity contribution in [3.05, 3.63) is 64.7 Å². The third kappa shape index (κ3) is 5.88. The number of amides is 1. The van der Waals surface area contributed by atoms with Crippen LogP contribution in [0.2, 0.25) is 5.02 Å². The lowest BCUT2D eigenvalue weighted by atomic mass is 10.0. The SMILES string of the molecule is COC(=O)CC(NC(=O)COc1ccccc1C(F)(F)F)c1ccccc1Cl. The maximum atomic E-state index is 13.0. The Morgan fingerprint density at radius 2 is 1.75 bits per heavy atom. The molecule has 150 valence electrons. The van der Waals surface area contributed by atoms with E-state index in [1.165, 1.54) is 19.2 Å². The van der Waals surface area contributed by atoms with Crippen LogP contribution in [0.5, 0.6) is 5.75 Å². The molecule has 5 nitrogen and oxygen atoms in total. The summed E-state index contributed by atoms with van der Waals surface area (Å²) in [4.78, 5) is 23.9. The Kier molecular flexibility index (Phi) is 7.28. The van der Waals surface area contributed by atoms with Gasteiger partial charge in [-0.25, -0.2) is 0 Å². The first-order chi connectivity index (χ1) is 13.2. The Hall–Kier alpha value is -2.74. The number of esters is 1. The van der Waals surface area contributed by atoms with E-state index in [-0.39, 0.29) is 6.42 Å². The van der Waals surface area contributed by atoms with Gasteiger partial charge >= 0.3 is 12.1 Å². The van der Waals surface area contributed by atoms with Gasteiger partial charge in [-0.3, -0.25) is 9.59 Å². The average molecular weight is 416 g/mol. The number of nitrogens with one attached hydrogen (secondary N) is 1. The Morgan fingerprint density at radius 1 is 1.11 bits per heavy atom. The van der Waals surface area contributed by atoms with Crippen molar-refractivity contribution in [2.75, 3.05) is 13.7 Å². The number of carbonyl (C=O) groups is 2. The van der Waals surface area contributed by atoms with Crippen molar-refractivity contribution in [1.82, 2.24) is 5.32 Å². The molecule has 0 saturated heterocycles. The molecule has 0 aliphatic rings. The Balaban J connectivity index is 2.11. The number of alkyl halides is 3. The Labute approximate surface area is 164 Å². The summed E-state index contributed by atoms with van der Waals surface area (Å²) in [7, 11) is 1.20. The van der Waals surface area contributed by atoms with Crippen LogP contribution in [0.15, 0.2) is 48.5 Å². The summed E-state index contributed by atoms with van der Waals surface area (Å²) >= 11 is 6.11. The summed E-state index contributed by atoms with van der Waals surface area (Å²) in [6, 6.07) is 10.3. The van der Waals surface area contributed by atoms with Crippen molar-refractivity contribution in [1.29, 1.82) is 0 Å². The van der Waals surface area contributed by atoms with Crippen LogP contribution < -0.4 is 10.1 Å². The highest BCUT2D eigenvalue weighted by molar-refractivity contribution is 6.31. The molecule has 2 rings (SSSR count). The van der Waals surface area contributed by atoms with Gasteiger partial charge in [-0.2, -0.15) is 13.2 Å². The van der Waals surface area contributed by atoms with Crippen molar-refractivity contribution in [3.63, 3.8) is 0 Å². The lowest BCUT2D eigenvalue weighted by Crippen LogP contribution is -2.34. The van der Waals surface area contributed by atoms with Gasteiger partial charge in [-0.15, -0.1) is 0 Å². The van der Waals surface area contributed by atoms with Crippen molar-refractivity contribution in [2.45, 2.75) is 18.6 Å². The van der Waals surface area contributed by atoms with Crippen LogP contribution >= 0.6 is 11.6 Å². The van der Waals surface area contributed by atoms with Crippen molar-refractivity contribution < 1.29 is 32.2 Å². The summed E-state index contributed by atoms with van der Waals surface area (Å²) in [5.41, 5.74) is -0.515. The number of para-hydroxylation sites is 1. The molecular weight excluding hydrogens is 399 g/mol. The zero-order valence-corrected chi connectivity index (χ0v) is 15.5. The third-order valence-corrected chi connectivity index (χ3v) is 4.11. The van der Waals surface area contributed by atoms with Crippen molar-refractivity contribution >= 4 is 23.5 Å². The van der Waals surface area contributed by atoms with E-state index >= 15 is 0 Å². The number of hydrogen-bond donors (Lipinski definition) is 1. The highest BCUT2D eigenvalue weighted by Crippen LogP contribution is 2.35. The van der Waals surface area contributed by atoms with E-state index < -0.39 is 42.0 Å². The van der Waals surface area contributed by atoms with Gasteiger partial charge in [0.25, 0.3) is 5.91 Å². The summed E-state index contributed by atoms with van der Waals surface area (Å²) in [6.45, 7) is -0.671. The number of benzene rings is 2. The van der Waals surface area contributed by atoms with E-state index in [2.05, 4.69) is 10.1 Å². The highest BCUT2D eigenvalue weighted by atomic mass is 35.5. The summed E-state index contributed by atoms with van der Waals surface area (Å²) in [5.74, 6) is -1.77. The molecule has 28 heavy (non-hydrogen) atoms. The summed E-state index contributed by atoms with van der Waals surface area (Å²) in [5, 5.41) is 2.86. The zero-order valence-electron chi connectivity index (χ0n) is 14.8. The van der Waals surface area contributed by atoms with E-state index in [9.17, 15) is 22.8 Å². The molecule has 1 atom stereocenters. The first kappa shape index (κ1) is 21.6. The second-order valence-corrected chi connectivity index (χ2v) is 6.11. The van der Waals surface area contributed by atoms with Gasteiger partial charge in [0.2, 0.25) is 0 Å². The predicted octanol–water partition coefficient (Wildman–Crippen LogP) is 4.16. The fourth-order valence-electron chi connectivity index (χ4n) is 2.45. The maximum Gasteiger partial charge on any atom is 0.419 e. The largest absolute Gasteiger partial charge is 0.483 e. The molecule has 2 aromatic carbocycles. The van der Waals surface area contributed by atoms with E-state index in [1.807, 2.05) is 0 Å². The van der Waals surface area contributed by atoms with E-state index in [4.69, 9.17) is 16.3 Å².